The number of phenols is 2. The van der Waals surface area contributed by atoms with Crippen molar-refractivity contribution in [1.29, 1.82) is 0 Å². The SMILES string of the molecule is COc1cc(C2CC(=O)Nc3c2cnn3-c2ccc(F)cc2F)cc(OC)c1O.COc1cc(C2CC(=O)Nc3c2cnn3-c2cccc(C)c2C)cc(OC)c1O.COc1ccc(C2CC(=O)Nc3c2cnn3-c2ccc(F)cc2F)cc1C. The van der Waals surface area contributed by atoms with Crippen LogP contribution >= 0.6 is 0 Å². The van der Waals surface area contributed by atoms with Gasteiger partial charge in [-0.2, -0.15) is 15.3 Å². The Balaban J connectivity index is 0.000000142. The molecule has 0 saturated carbocycles. The minimum Gasteiger partial charge on any atom is -0.502 e. The van der Waals surface area contributed by atoms with Gasteiger partial charge >= 0.3 is 0 Å². The number of ether oxygens (including phenoxy) is 5. The van der Waals surface area contributed by atoms with Crippen LogP contribution in [-0.4, -0.2) is 92.8 Å². The summed E-state index contributed by atoms with van der Waals surface area (Å²) in [4.78, 5) is 37.3. The molecule has 0 fully saturated rings. The van der Waals surface area contributed by atoms with Gasteiger partial charge < -0.3 is 49.8 Å². The highest BCUT2D eigenvalue weighted by Gasteiger charge is 2.35. The molecule has 3 atom stereocenters. The van der Waals surface area contributed by atoms with Gasteiger partial charge in [0.2, 0.25) is 29.2 Å². The highest BCUT2D eigenvalue weighted by Crippen LogP contribution is 2.47. The standard InChI is InChI=1S/C22H23N3O4.C20H17F2N3O4.C20H17F2N3O2/c1-12-6-5-7-17(13(12)2)25-22-16(11-23-25)15(10-20(26)24-22)14-8-18(28-3)21(27)19(9-14)29-4;1-28-16-5-10(6-17(29-2)19(16)27)12-8-18(26)24-20-13(12)9-23-25(20)15-4-3-11(21)7-14(15)22;1-11-7-12(3-6-18(11)27-2)14-9-19(26)24-20-15(14)10-23-25(20)17-5-4-13(21)8-16(17)22/h5-9,11,15,27H,10H2,1-4H3,(H,24,26);3-7,9,12,27H,8H2,1-2H3,(H,24,26);3-8,10,14H,9H2,1-2H3,(H,24,26). The van der Waals surface area contributed by atoms with Crippen LogP contribution in [0.15, 0.2) is 116 Å². The Labute approximate surface area is 484 Å². The summed E-state index contributed by atoms with van der Waals surface area (Å²) in [6.07, 6.45) is 5.56. The number of aryl methyl sites for hydroxylation is 2. The Kier molecular flexibility index (Phi) is 16.3. The summed E-state index contributed by atoms with van der Waals surface area (Å²) in [6, 6.07) is 24.8. The van der Waals surface area contributed by atoms with Gasteiger partial charge in [0, 0.05) is 65.8 Å². The van der Waals surface area contributed by atoms with Gasteiger partial charge in [-0.25, -0.2) is 31.6 Å². The van der Waals surface area contributed by atoms with E-state index in [2.05, 4.69) is 31.2 Å². The first-order valence-corrected chi connectivity index (χ1v) is 26.5. The number of carbonyl (C=O) groups is 3. The Hall–Kier alpha value is -10.3. The number of anilines is 3. The first-order chi connectivity index (χ1) is 40.8. The van der Waals surface area contributed by atoms with E-state index in [1.807, 2.05) is 57.2 Å². The molecule has 6 aromatic carbocycles. The van der Waals surface area contributed by atoms with Crippen molar-refractivity contribution in [2.45, 2.75) is 57.8 Å². The van der Waals surface area contributed by atoms with E-state index in [0.717, 1.165) is 74.6 Å². The van der Waals surface area contributed by atoms with Crippen LogP contribution in [-0.2, 0) is 14.4 Å². The number of amides is 3. The average molecular weight is 1160 g/mol. The Bertz CT molecular complexity index is 4040. The molecule has 0 bridgehead atoms. The highest BCUT2D eigenvalue weighted by molar-refractivity contribution is 5.96. The van der Waals surface area contributed by atoms with Gasteiger partial charge in [0.25, 0.3) is 0 Å². The van der Waals surface area contributed by atoms with Crippen LogP contribution < -0.4 is 39.6 Å². The minimum atomic E-state index is -0.805. The molecule has 3 unspecified atom stereocenters. The molecule has 0 aliphatic carbocycles. The van der Waals surface area contributed by atoms with Crippen LogP contribution in [0.5, 0.6) is 40.2 Å². The largest absolute Gasteiger partial charge is 0.502 e. The molecule has 0 spiro atoms. The van der Waals surface area contributed by atoms with Crippen molar-refractivity contribution in [3.05, 3.63) is 189 Å². The number of aromatic hydroxyl groups is 2. The number of hydrogen-bond acceptors (Lipinski definition) is 13. The predicted molar refractivity (Wildman–Crippen MR) is 305 cm³/mol. The Morgan fingerprint density at radius 1 is 0.447 bits per heavy atom. The van der Waals surface area contributed by atoms with E-state index in [-0.39, 0.29) is 83.2 Å². The van der Waals surface area contributed by atoms with Crippen molar-refractivity contribution < 1.29 is 65.8 Å². The van der Waals surface area contributed by atoms with Gasteiger partial charge in [0.05, 0.1) is 59.8 Å². The number of methoxy groups -OCH3 is 5. The fraction of sp³-hybridized carbons (Fsp3) is 0.226. The van der Waals surface area contributed by atoms with Gasteiger partial charge in [0.15, 0.2) is 34.6 Å². The molecule has 3 aromatic heterocycles. The van der Waals surface area contributed by atoms with E-state index in [1.165, 1.54) is 56.1 Å². The highest BCUT2D eigenvalue weighted by atomic mass is 19.1. The van der Waals surface area contributed by atoms with Crippen LogP contribution in [0.4, 0.5) is 35.0 Å². The lowest BCUT2D eigenvalue weighted by Gasteiger charge is -2.25. The molecule has 9 aromatic rings. The zero-order valence-electron chi connectivity index (χ0n) is 47.2. The van der Waals surface area contributed by atoms with Crippen LogP contribution in [0.25, 0.3) is 17.1 Å². The maximum Gasteiger partial charge on any atom is 0.226 e. The topological polar surface area (TPSA) is 227 Å². The molecular formula is C62H57F4N9O10. The van der Waals surface area contributed by atoms with Crippen molar-refractivity contribution in [2.75, 3.05) is 51.5 Å². The van der Waals surface area contributed by atoms with Crippen molar-refractivity contribution in [3.63, 3.8) is 0 Å². The molecule has 3 amide bonds. The second kappa shape index (κ2) is 23.9. The molecular weight excluding hydrogens is 1110 g/mol. The van der Waals surface area contributed by atoms with Gasteiger partial charge in [0.1, 0.15) is 46.2 Å². The molecule has 85 heavy (non-hydrogen) atoms. The Morgan fingerprint density at radius 3 is 1.19 bits per heavy atom. The third kappa shape index (κ3) is 11.2. The first-order valence-electron chi connectivity index (χ1n) is 26.5. The van der Waals surface area contributed by atoms with Crippen LogP contribution in [0.2, 0.25) is 0 Å². The molecule has 0 radical (unpaired) electrons. The zero-order chi connectivity index (χ0) is 60.5. The molecule has 438 valence electrons. The quantitative estimate of drug-likeness (QED) is 0.0761. The van der Waals surface area contributed by atoms with Crippen molar-refractivity contribution >= 4 is 35.2 Å². The summed E-state index contributed by atoms with van der Waals surface area (Å²) < 4.78 is 85.5. The van der Waals surface area contributed by atoms with E-state index in [4.69, 9.17) is 23.7 Å². The fourth-order valence-corrected chi connectivity index (χ4v) is 10.7. The lowest BCUT2D eigenvalue weighted by atomic mass is 9.86. The predicted octanol–water partition coefficient (Wildman–Crippen LogP) is 11.0. The van der Waals surface area contributed by atoms with Crippen LogP contribution in [0.3, 0.4) is 0 Å². The summed E-state index contributed by atoms with van der Waals surface area (Å²) >= 11 is 0. The fourth-order valence-electron chi connectivity index (χ4n) is 10.7. The van der Waals surface area contributed by atoms with E-state index in [0.29, 0.717) is 40.1 Å². The number of hydrogen-bond donors (Lipinski definition) is 5. The molecule has 0 saturated heterocycles. The van der Waals surface area contributed by atoms with Gasteiger partial charge in [-0.15, -0.1) is 0 Å². The maximum absolute atomic E-state index is 14.3. The van der Waals surface area contributed by atoms with E-state index in [9.17, 15) is 42.2 Å². The summed E-state index contributed by atoms with van der Waals surface area (Å²) in [5.74, 6) is -1.50. The van der Waals surface area contributed by atoms with E-state index in [1.54, 1.807) is 48.5 Å². The zero-order valence-corrected chi connectivity index (χ0v) is 47.2. The molecule has 6 heterocycles. The van der Waals surface area contributed by atoms with Crippen LogP contribution in [0.1, 0.15) is 87.1 Å². The number of nitrogens with zero attached hydrogens (tertiary/aromatic N) is 6. The molecule has 19 nitrogen and oxygen atoms in total. The number of halogens is 4. The monoisotopic (exact) mass is 1160 g/mol. The lowest BCUT2D eigenvalue weighted by Crippen LogP contribution is -2.24. The lowest BCUT2D eigenvalue weighted by molar-refractivity contribution is -0.117. The number of rotatable bonds is 11. The smallest absolute Gasteiger partial charge is 0.226 e. The summed E-state index contributed by atoms with van der Waals surface area (Å²) in [7, 11) is 7.39. The van der Waals surface area contributed by atoms with Gasteiger partial charge in [-0.05, 0) is 115 Å². The second-order valence-electron chi connectivity index (χ2n) is 20.2. The first kappa shape index (κ1) is 57.9. The number of benzene rings is 6. The minimum absolute atomic E-state index is 0.00877. The van der Waals surface area contributed by atoms with Crippen molar-refractivity contribution in [3.8, 4) is 57.3 Å². The second-order valence-corrected chi connectivity index (χ2v) is 20.2. The summed E-state index contributed by atoms with van der Waals surface area (Å²) in [6.45, 7) is 6.02. The third-order valence-corrected chi connectivity index (χ3v) is 15.2. The average Bonchev–Trinajstić information content (AvgIpc) is 2.06. The molecule has 3 aliphatic rings. The summed E-state index contributed by atoms with van der Waals surface area (Å²) in [5, 5.41) is 41.8. The van der Waals surface area contributed by atoms with Crippen LogP contribution in [0, 0.1) is 44.0 Å². The van der Waals surface area contributed by atoms with E-state index >= 15 is 0 Å². The third-order valence-electron chi connectivity index (χ3n) is 15.2. The number of nitrogens with one attached hydrogen (secondary N) is 3. The summed E-state index contributed by atoms with van der Waals surface area (Å²) in [5.41, 5.74) is 8.96. The maximum atomic E-state index is 14.3. The van der Waals surface area contributed by atoms with Crippen molar-refractivity contribution in [2.24, 2.45) is 0 Å². The number of aromatic nitrogens is 6. The normalized spacial score (nSPS) is 15.7. The van der Waals surface area contributed by atoms with Crippen molar-refractivity contribution in [1.82, 2.24) is 29.3 Å². The Morgan fingerprint density at radius 2 is 0.824 bits per heavy atom. The molecule has 3 aliphatic heterocycles. The van der Waals surface area contributed by atoms with Gasteiger partial charge in [-0.3, -0.25) is 14.4 Å². The van der Waals surface area contributed by atoms with Gasteiger partial charge in [-0.1, -0.05) is 24.3 Å². The number of fused-ring (bicyclic) bond motifs is 3. The molecule has 5 N–H and O–H groups in total. The van der Waals surface area contributed by atoms with E-state index < -0.39 is 29.2 Å². The number of phenolic OH excluding ortho intramolecular Hbond substituents is 2. The number of carbonyl (C=O) groups excluding carboxylic acids is 3. The molecule has 12 rings (SSSR count). The molecule has 23 heteroatoms.